The Morgan fingerprint density at radius 2 is 1.89 bits per heavy atom. The molecule has 0 bridgehead atoms. The first-order chi connectivity index (χ1) is 8.69. The molecule has 2 nitrogen and oxygen atoms in total. The molecule has 0 N–H and O–H groups in total. The van der Waals surface area contributed by atoms with Gasteiger partial charge in [0.1, 0.15) is 6.10 Å². The molecule has 0 heterocycles. The van der Waals surface area contributed by atoms with E-state index in [-0.39, 0.29) is 18.0 Å². The fourth-order valence-corrected chi connectivity index (χ4v) is 1.92. The minimum absolute atomic E-state index is 0.0728. The zero-order chi connectivity index (χ0) is 13.4. The van der Waals surface area contributed by atoms with Gasteiger partial charge in [-0.05, 0) is 25.3 Å². The molecule has 0 fully saturated rings. The molecule has 1 aromatic carbocycles. The van der Waals surface area contributed by atoms with Crippen LogP contribution >= 0.6 is 0 Å². The highest BCUT2D eigenvalue weighted by molar-refractivity contribution is 5.77. The van der Waals surface area contributed by atoms with Crippen molar-refractivity contribution < 1.29 is 9.53 Å². The summed E-state index contributed by atoms with van der Waals surface area (Å²) in [6, 6.07) is 9.80. The van der Waals surface area contributed by atoms with Crippen molar-refractivity contribution in [1.29, 1.82) is 0 Å². The lowest BCUT2D eigenvalue weighted by Gasteiger charge is -2.19. The van der Waals surface area contributed by atoms with E-state index in [0.29, 0.717) is 0 Å². The van der Waals surface area contributed by atoms with Gasteiger partial charge in [-0.15, -0.1) is 0 Å². The number of rotatable bonds is 7. The number of carbonyl (C=O) groups excluding carboxylic acids is 1. The molecular weight excluding hydrogens is 224 g/mol. The van der Waals surface area contributed by atoms with Gasteiger partial charge in [0.25, 0.3) is 0 Å². The van der Waals surface area contributed by atoms with Gasteiger partial charge in [-0.25, -0.2) is 0 Å². The van der Waals surface area contributed by atoms with E-state index in [4.69, 9.17) is 4.74 Å². The smallest absolute Gasteiger partial charge is 0.313 e. The molecule has 0 aliphatic rings. The van der Waals surface area contributed by atoms with Crippen molar-refractivity contribution in [3.8, 4) is 0 Å². The molecule has 0 aliphatic carbocycles. The fraction of sp³-hybridized carbons (Fsp3) is 0.562. The Kier molecular flexibility index (Phi) is 6.48. The van der Waals surface area contributed by atoms with Crippen LogP contribution < -0.4 is 0 Å². The Bertz CT molecular complexity index is 345. The van der Waals surface area contributed by atoms with E-state index in [1.165, 1.54) is 0 Å². The van der Waals surface area contributed by atoms with E-state index in [1.54, 1.807) is 0 Å². The van der Waals surface area contributed by atoms with Crippen molar-refractivity contribution in [2.24, 2.45) is 0 Å². The van der Waals surface area contributed by atoms with Gasteiger partial charge in [0, 0.05) is 0 Å². The van der Waals surface area contributed by atoms with Gasteiger partial charge in [0.2, 0.25) is 0 Å². The number of hydrogen-bond acceptors (Lipinski definition) is 2. The van der Waals surface area contributed by atoms with E-state index >= 15 is 0 Å². The maximum Gasteiger partial charge on any atom is 0.313 e. The summed E-state index contributed by atoms with van der Waals surface area (Å²) in [5.74, 6) is -0.286. The Labute approximate surface area is 110 Å². The molecule has 1 rings (SSSR count). The highest BCUT2D eigenvalue weighted by atomic mass is 16.5. The van der Waals surface area contributed by atoms with Gasteiger partial charge in [-0.1, -0.05) is 57.0 Å². The normalized spacial score (nSPS) is 13.9. The minimum atomic E-state index is -0.179. The van der Waals surface area contributed by atoms with Gasteiger partial charge in [0.05, 0.1) is 5.92 Å². The SMILES string of the molecule is CCCC[C@H](CC)OC(=O)[C@H](C)c1ccccc1. The first kappa shape index (κ1) is 14.7. The van der Waals surface area contributed by atoms with Crippen molar-refractivity contribution in [2.75, 3.05) is 0 Å². The van der Waals surface area contributed by atoms with E-state index in [0.717, 1.165) is 31.2 Å². The van der Waals surface area contributed by atoms with Crippen LogP contribution in [0.15, 0.2) is 30.3 Å². The van der Waals surface area contributed by atoms with Crippen molar-refractivity contribution in [3.05, 3.63) is 35.9 Å². The third kappa shape index (κ3) is 4.52. The van der Waals surface area contributed by atoms with Gasteiger partial charge in [0.15, 0.2) is 0 Å². The Hall–Kier alpha value is -1.31. The third-order valence-electron chi connectivity index (χ3n) is 3.27. The van der Waals surface area contributed by atoms with Crippen molar-refractivity contribution in [3.63, 3.8) is 0 Å². The summed E-state index contributed by atoms with van der Waals surface area (Å²) in [6.45, 7) is 6.13. The summed E-state index contributed by atoms with van der Waals surface area (Å²) < 4.78 is 5.58. The van der Waals surface area contributed by atoms with Gasteiger partial charge >= 0.3 is 5.97 Å². The van der Waals surface area contributed by atoms with Crippen LogP contribution in [0.3, 0.4) is 0 Å². The molecule has 0 saturated heterocycles. The summed E-state index contributed by atoms with van der Waals surface area (Å²) in [5, 5.41) is 0. The monoisotopic (exact) mass is 248 g/mol. The zero-order valence-electron chi connectivity index (χ0n) is 11.7. The summed E-state index contributed by atoms with van der Waals surface area (Å²) in [7, 11) is 0. The quantitative estimate of drug-likeness (QED) is 0.672. The summed E-state index contributed by atoms with van der Waals surface area (Å²) in [5.41, 5.74) is 1.02. The molecule has 2 heteroatoms. The predicted octanol–water partition coefficient (Wildman–Crippen LogP) is 4.30. The van der Waals surface area contributed by atoms with Crippen molar-refractivity contribution in [2.45, 2.75) is 58.5 Å². The third-order valence-corrected chi connectivity index (χ3v) is 3.27. The summed E-state index contributed by atoms with van der Waals surface area (Å²) >= 11 is 0. The molecule has 0 aliphatic heterocycles. The first-order valence-electron chi connectivity index (χ1n) is 6.94. The molecule has 0 saturated carbocycles. The molecular formula is C16H24O2. The first-order valence-corrected chi connectivity index (χ1v) is 6.94. The van der Waals surface area contributed by atoms with Crippen molar-refractivity contribution in [1.82, 2.24) is 0 Å². The molecule has 0 spiro atoms. The van der Waals surface area contributed by atoms with Crippen LogP contribution in [0, 0.1) is 0 Å². The van der Waals surface area contributed by atoms with Crippen LogP contribution in [0.5, 0.6) is 0 Å². The molecule has 0 unspecified atom stereocenters. The average Bonchev–Trinajstić information content (AvgIpc) is 2.43. The molecule has 0 aromatic heterocycles. The highest BCUT2D eigenvalue weighted by Crippen LogP contribution is 2.19. The van der Waals surface area contributed by atoms with Crippen molar-refractivity contribution >= 4 is 5.97 Å². The molecule has 100 valence electrons. The summed E-state index contributed by atoms with van der Waals surface area (Å²) in [6.07, 6.45) is 4.20. The molecule has 2 atom stereocenters. The zero-order valence-corrected chi connectivity index (χ0v) is 11.7. The van der Waals surface area contributed by atoms with Crippen LogP contribution in [0.1, 0.15) is 57.9 Å². The second-order valence-corrected chi connectivity index (χ2v) is 4.74. The standard InChI is InChI=1S/C16H24O2/c1-4-6-12-15(5-2)18-16(17)13(3)14-10-8-7-9-11-14/h7-11,13,15H,4-6,12H2,1-3H3/t13-,15+/m1/s1. The van der Waals surface area contributed by atoms with Gasteiger partial charge in [-0.2, -0.15) is 0 Å². The van der Waals surface area contributed by atoms with E-state index in [2.05, 4.69) is 13.8 Å². The Balaban J connectivity index is 2.53. The van der Waals surface area contributed by atoms with Crippen LogP contribution in [0.25, 0.3) is 0 Å². The predicted molar refractivity (Wildman–Crippen MR) is 74.6 cm³/mol. The van der Waals surface area contributed by atoms with Gasteiger partial charge < -0.3 is 4.74 Å². The van der Waals surface area contributed by atoms with E-state index < -0.39 is 0 Å². The lowest BCUT2D eigenvalue weighted by molar-refractivity contribution is -0.151. The topological polar surface area (TPSA) is 26.3 Å². The molecule has 1 aromatic rings. The largest absolute Gasteiger partial charge is 0.462 e. The molecule has 0 amide bonds. The van der Waals surface area contributed by atoms with Crippen LogP contribution in [-0.2, 0) is 9.53 Å². The highest BCUT2D eigenvalue weighted by Gasteiger charge is 2.19. The second kappa shape index (κ2) is 7.91. The van der Waals surface area contributed by atoms with Crippen LogP contribution in [-0.4, -0.2) is 12.1 Å². The van der Waals surface area contributed by atoms with E-state index in [1.807, 2.05) is 37.3 Å². The van der Waals surface area contributed by atoms with Gasteiger partial charge in [-0.3, -0.25) is 4.79 Å². The van der Waals surface area contributed by atoms with Crippen LogP contribution in [0.2, 0.25) is 0 Å². The second-order valence-electron chi connectivity index (χ2n) is 4.74. The lowest BCUT2D eigenvalue weighted by atomic mass is 10.0. The molecule has 18 heavy (non-hydrogen) atoms. The number of ether oxygens (including phenoxy) is 1. The Morgan fingerprint density at radius 3 is 2.44 bits per heavy atom. The summed E-state index contributed by atoms with van der Waals surface area (Å²) in [4.78, 5) is 12.1. The van der Waals surface area contributed by atoms with Crippen LogP contribution in [0.4, 0.5) is 0 Å². The fourth-order valence-electron chi connectivity index (χ4n) is 1.92. The minimum Gasteiger partial charge on any atom is -0.462 e. The number of unbranched alkanes of at least 4 members (excludes halogenated alkanes) is 1. The maximum absolute atomic E-state index is 12.1. The number of carbonyl (C=O) groups is 1. The van der Waals surface area contributed by atoms with E-state index in [9.17, 15) is 4.79 Å². The maximum atomic E-state index is 12.1. The molecule has 0 radical (unpaired) electrons. The Morgan fingerprint density at radius 1 is 1.22 bits per heavy atom. The number of benzene rings is 1. The number of esters is 1. The number of hydrogen-bond donors (Lipinski definition) is 0. The average molecular weight is 248 g/mol. The lowest BCUT2D eigenvalue weighted by Crippen LogP contribution is -2.21.